The number of rotatable bonds is 4. The summed E-state index contributed by atoms with van der Waals surface area (Å²) in [6.07, 6.45) is 10.8. The summed E-state index contributed by atoms with van der Waals surface area (Å²) in [6, 6.07) is 2.63. The zero-order chi connectivity index (χ0) is 21.4. The fourth-order valence-electron chi connectivity index (χ4n) is 5.41. The summed E-state index contributed by atoms with van der Waals surface area (Å²) in [6.45, 7) is 2.01. The molecule has 2 aliphatic carbocycles. The summed E-state index contributed by atoms with van der Waals surface area (Å²) in [4.78, 5) is 0. The van der Waals surface area contributed by atoms with Gasteiger partial charge in [-0.25, -0.2) is 22.0 Å². The largest absolute Gasteiger partial charge is 0.206 e. The standard InChI is InChI=1S/C25H25F5/c1-2-3-4-5-14-6-8-17-15(10-14)7-9-18-19(17)13-20(26)23(24(18)29)16-11-21(27)25(30)22(28)12-16/h2-3,11-15,17H,4-10H2,1H3. The first-order valence-electron chi connectivity index (χ1n) is 10.7. The minimum absolute atomic E-state index is 0.117. The molecule has 0 bridgehead atoms. The molecule has 0 heterocycles. The summed E-state index contributed by atoms with van der Waals surface area (Å²) in [5.74, 6) is -5.03. The lowest BCUT2D eigenvalue weighted by Gasteiger charge is -2.41. The van der Waals surface area contributed by atoms with Crippen molar-refractivity contribution in [2.45, 2.75) is 57.8 Å². The maximum absolute atomic E-state index is 15.3. The molecular weight excluding hydrogens is 395 g/mol. The van der Waals surface area contributed by atoms with Crippen molar-refractivity contribution < 1.29 is 22.0 Å². The number of benzene rings is 2. The van der Waals surface area contributed by atoms with Crippen molar-refractivity contribution in [1.29, 1.82) is 0 Å². The van der Waals surface area contributed by atoms with E-state index >= 15 is 4.39 Å². The fourth-order valence-corrected chi connectivity index (χ4v) is 5.41. The van der Waals surface area contributed by atoms with Crippen molar-refractivity contribution in [3.05, 3.63) is 70.6 Å². The van der Waals surface area contributed by atoms with Gasteiger partial charge in [0.05, 0.1) is 5.56 Å². The first kappa shape index (κ1) is 21.1. The molecule has 0 saturated heterocycles. The first-order chi connectivity index (χ1) is 14.4. The summed E-state index contributed by atoms with van der Waals surface area (Å²) in [5.41, 5.74) is 0.328. The molecule has 3 unspecified atom stereocenters. The Kier molecular flexibility index (Phi) is 5.99. The molecule has 0 N–H and O–H groups in total. The smallest absolute Gasteiger partial charge is 0.194 e. The number of halogens is 5. The van der Waals surface area contributed by atoms with Crippen LogP contribution in [0.4, 0.5) is 22.0 Å². The molecule has 0 amide bonds. The molecule has 2 aliphatic rings. The van der Waals surface area contributed by atoms with E-state index in [1.165, 1.54) is 6.07 Å². The van der Waals surface area contributed by atoms with Crippen LogP contribution in [-0.2, 0) is 6.42 Å². The van der Waals surface area contributed by atoms with E-state index in [0.717, 1.165) is 38.5 Å². The van der Waals surface area contributed by atoms with E-state index in [-0.39, 0.29) is 11.5 Å². The maximum Gasteiger partial charge on any atom is 0.194 e. The van der Waals surface area contributed by atoms with Crippen molar-refractivity contribution >= 4 is 0 Å². The lowest BCUT2D eigenvalue weighted by molar-refractivity contribution is 0.201. The molecule has 2 aromatic rings. The number of fused-ring (bicyclic) bond motifs is 3. The first-order valence-corrected chi connectivity index (χ1v) is 10.7. The van der Waals surface area contributed by atoms with Gasteiger partial charge in [0.25, 0.3) is 0 Å². The summed E-state index contributed by atoms with van der Waals surface area (Å²) in [7, 11) is 0. The van der Waals surface area contributed by atoms with Gasteiger partial charge in [0.2, 0.25) is 0 Å². The van der Waals surface area contributed by atoms with E-state index < -0.39 is 34.6 Å². The molecule has 1 saturated carbocycles. The average Bonchev–Trinajstić information content (AvgIpc) is 2.72. The molecule has 5 heteroatoms. The van der Waals surface area contributed by atoms with Gasteiger partial charge < -0.3 is 0 Å². The Morgan fingerprint density at radius 1 is 0.900 bits per heavy atom. The minimum atomic E-state index is -1.65. The Hall–Kier alpha value is -2.17. The fraction of sp³-hybridized carbons (Fsp3) is 0.440. The Balaban J connectivity index is 1.65. The number of allylic oxidation sites excluding steroid dienone is 2. The van der Waals surface area contributed by atoms with Gasteiger partial charge in [-0.2, -0.15) is 0 Å². The maximum atomic E-state index is 15.3. The van der Waals surface area contributed by atoms with Gasteiger partial charge in [-0.3, -0.25) is 0 Å². The number of hydrogen-bond acceptors (Lipinski definition) is 0. The monoisotopic (exact) mass is 420 g/mol. The Morgan fingerprint density at radius 2 is 1.63 bits per heavy atom. The van der Waals surface area contributed by atoms with Crippen LogP contribution < -0.4 is 0 Å². The highest BCUT2D eigenvalue weighted by Gasteiger charge is 2.37. The molecule has 1 fully saturated rings. The summed E-state index contributed by atoms with van der Waals surface area (Å²) < 4.78 is 70.8. The van der Waals surface area contributed by atoms with Gasteiger partial charge >= 0.3 is 0 Å². The molecule has 0 aliphatic heterocycles. The van der Waals surface area contributed by atoms with E-state index in [0.29, 0.717) is 41.5 Å². The minimum Gasteiger partial charge on any atom is -0.206 e. The van der Waals surface area contributed by atoms with Crippen LogP contribution in [0.3, 0.4) is 0 Å². The van der Waals surface area contributed by atoms with Crippen molar-refractivity contribution in [3.8, 4) is 11.1 Å². The second kappa shape index (κ2) is 8.52. The van der Waals surface area contributed by atoms with Crippen molar-refractivity contribution in [1.82, 2.24) is 0 Å². The van der Waals surface area contributed by atoms with Gasteiger partial charge in [0.1, 0.15) is 11.6 Å². The molecule has 0 aromatic heterocycles. The lowest BCUT2D eigenvalue weighted by atomic mass is 9.64. The third-order valence-electron chi connectivity index (χ3n) is 6.86. The van der Waals surface area contributed by atoms with Crippen LogP contribution in [0.5, 0.6) is 0 Å². The Bertz CT molecular complexity index is 955. The van der Waals surface area contributed by atoms with E-state index in [2.05, 4.69) is 12.2 Å². The third kappa shape index (κ3) is 3.79. The van der Waals surface area contributed by atoms with Crippen LogP contribution in [0.1, 0.15) is 62.5 Å². The van der Waals surface area contributed by atoms with Crippen LogP contribution in [0.2, 0.25) is 0 Å². The van der Waals surface area contributed by atoms with Gasteiger partial charge in [0.15, 0.2) is 17.5 Å². The molecule has 30 heavy (non-hydrogen) atoms. The lowest BCUT2D eigenvalue weighted by Crippen LogP contribution is -2.29. The van der Waals surface area contributed by atoms with Gasteiger partial charge in [0, 0.05) is 0 Å². The highest BCUT2D eigenvalue weighted by Crippen LogP contribution is 2.49. The molecule has 4 rings (SSSR count). The van der Waals surface area contributed by atoms with Gasteiger partial charge in [-0.05, 0) is 105 Å². The average molecular weight is 420 g/mol. The SMILES string of the molecule is CC=CCCC1CCC2c3cc(F)c(-c4cc(F)c(F)c(F)c4)c(F)c3CCC2C1. The van der Waals surface area contributed by atoms with Crippen LogP contribution in [0.25, 0.3) is 11.1 Å². The van der Waals surface area contributed by atoms with Crippen molar-refractivity contribution in [2.75, 3.05) is 0 Å². The molecule has 2 aromatic carbocycles. The third-order valence-corrected chi connectivity index (χ3v) is 6.86. The van der Waals surface area contributed by atoms with Gasteiger partial charge in [-0.1, -0.05) is 12.2 Å². The van der Waals surface area contributed by atoms with E-state index in [1.54, 1.807) is 0 Å². The molecule has 3 atom stereocenters. The highest BCUT2D eigenvalue weighted by atomic mass is 19.2. The second-order valence-electron chi connectivity index (χ2n) is 8.60. The normalized spacial score (nSPS) is 23.5. The topological polar surface area (TPSA) is 0 Å². The van der Waals surface area contributed by atoms with Crippen LogP contribution in [0.15, 0.2) is 30.4 Å². The predicted octanol–water partition coefficient (Wildman–Crippen LogP) is 7.85. The zero-order valence-corrected chi connectivity index (χ0v) is 17.0. The second-order valence-corrected chi connectivity index (χ2v) is 8.60. The van der Waals surface area contributed by atoms with Crippen molar-refractivity contribution in [3.63, 3.8) is 0 Å². The summed E-state index contributed by atoms with van der Waals surface area (Å²) >= 11 is 0. The predicted molar refractivity (Wildman–Crippen MR) is 108 cm³/mol. The number of hydrogen-bond donors (Lipinski definition) is 0. The summed E-state index contributed by atoms with van der Waals surface area (Å²) in [5, 5.41) is 0. The van der Waals surface area contributed by atoms with Crippen LogP contribution >= 0.6 is 0 Å². The van der Waals surface area contributed by atoms with Crippen LogP contribution in [0, 0.1) is 40.9 Å². The van der Waals surface area contributed by atoms with Crippen LogP contribution in [-0.4, -0.2) is 0 Å². The molecule has 0 spiro atoms. The zero-order valence-electron chi connectivity index (χ0n) is 17.0. The molecule has 0 nitrogen and oxygen atoms in total. The van der Waals surface area contributed by atoms with Crippen molar-refractivity contribution in [2.24, 2.45) is 11.8 Å². The highest BCUT2D eigenvalue weighted by molar-refractivity contribution is 5.67. The van der Waals surface area contributed by atoms with E-state index in [4.69, 9.17) is 0 Å². The van der Waals surface area contributed by atoms with Gasteiger partial charge in [-0.15, -0.1) is 0 Å². The Labute approximate surface area is 173 Å². The van der Waals surface area contributed by atoms with E-state index in [1.807, 2.05) is 6.92 Å². The van der Waals surface area contributed by atoms with E-state index in [9.17, 15) is 17.6 Å². The molecule has 0 radical (unpaired) electrons. The molecule has 160 valence electrons. The quantitative estimate of drug-likeness (QED) is 0.268. The Morgan fingerprint density at radius 3 is 2.33 bits per heavy atom. The molecular formula is C25H25F5.